The summed E-state index contributed by atoms with van der Waals surface area (Å²) in [4.78, 5) is 5.81. The van der Waals surface area contributed by atoms with E-state index in [0.717, 1.165) is 25.0 Å². The number of nitrogens with two attached hydrogens (primary N) is 1. The van der Waals surface area contributed by atoms with Crippen molar-refractivity contribution >= 4 is 0 Å². The van der Waals surface area contributed by atoms with Crippen molar-refractivity contribution in [2.24, 2.45) is 5.73 Å². The number of hydrogen-bond acceptors (Lipinski definition) is 4. The van der Waals surface area contributed by atoms with Crippen molar-refractivity contribution < 1.29 is 9.25 Å². The Morgan fingerprint density at radius 2 is 2.05 bits per heavy atom. The van der Waals surface area contributed by atoms with Crippen LogP contribution >= 0.6 is 0 Å². The van der Waals surface area contributed by atoms with Gasteiger partial charge in [0.2, 0.25) is 5.88 Å². The van der Waals surface area contributed by atoms with Gasteiger partial charge in [0, 0.05) is 6.08 Å². The van der Waals surface area contributed by atoms with Gasteiger partial charge in [-0.1, -0.05) is 24.3 Å². The fourth-order valence-corrected chi connectivity index (χ4v) is 3.36. The fourth-order valence-electron chi connectivity index (χ4n) is 3.36. The van der Waals surface area contributed by atoms with E-state index in [1.54, 1.807) is 6.26 Å². The van der Waals surface area contributed by atoms with Crippen molar-refractivity contribution in [2.45, 2.75) is 31.3 Å². The average Bonchev–Trinajstić information content (AvgIpc) is 3.15. The van der Waals surface area contributed by atoms with Crippen molar-refractivity contribution in [3.8, 4) is 0 Å². The number of furan rings is 1. The third kappa shape index (κ3) is 2.12. The van der Waals surface area contributed by atoms with Gasteiger partial charge in [-0.05, 0) is 42.5 Å². The van der Waals surface area contributed by atoms with Crippen molar-refractivity contribution in [1.82, 2.24) is 5.06 Å². The highest BCUT2D eigenvalue weighted by molar-refractivity contribution is 5.33. The third-order valence-electron chi connectivity index (χ3n) is 4.29. The summed E-state index contributed by atoms with van der Waals surface area (Å²) in [5.41, 5.74) is 8.64. The van der Waals surface area contributed by atoms with Crippen LogP contribution in [0.25, 0.3) is 0 Å². The highest BCUT2D eigenvalue weighted by atomic mass is 16.7. The summed E-state index contributed by atoms with van der Waals surface area (Å²) in [5.74, 6) is 1.30. The van der Waals surface area contributed by atoms with Crippen LogP contribution < -0.4 is 5.73 Å². The van der Waals surface area contributed by atoms with Gasteiger partial charge in [0.15, 0.2) is 0 Å². The number of rotatable bonds is 2. The maximum atomic E-state index is 5.90. The Hall–Kier alpha value is -2.20. The maximum absolute atomic E-state index is 5.90. The summed E-state index contributed by atoms with van der Waals surface area (Å²) in [6, 6.07) is 12.6. The zero-order valence-electron chi connectivity index (χ0n) is 11.7. The van der Waals surface area contributed by atoms with Crippen LogP contribution in [-0.4, -0.2) is 5.06 Å². The second-order valence-corrected chi connectivity index (χ2v) is 5.59. The third-order valence-corrected chi connectivity index (χ3v) is 4.29. The van der Waals surface area contributed by atoms with Crippen LogP contribution in [0.5, 0.6) is 0 Å². The van der Waals surface area contributed by atoms with Crippen LogP contribution in [0.4, 0.5) is 0 Å². The summed E-state index contributed by atoms with van der Waals surface area (Å²) in [6.07, 6.45) is 6.96. The Bertz CT molecular complexity index is 663. The van der Waals surface area contributed by atoms with Gasteiger partial charge in [0.25, 0.3) is 0 Å². The first-order valence-electron chi connectivity index (χ1n) is 7.38. The standard InChI is InChI=1S/C17H18N2O2/c18-17-11-15(16-9-4-10-20-16)19(21-17)14-8-3-6-12-5-1-2-7-13(12)14/h1-2,4-5,7,9-11,14-15H,3,6,8,18H2. The Morgan fingerprint density at radius 1 is 1.14 bits per heavy atom. The Balaban J connectivity index is 1.71. The van der Waals surface area contributed by atoms with Gasteiger partial charge in [-0.2, -0.15) is 0 Å². The number of hydrogen-bond donors (Lipinski definition) is 1. The van der Waals surface area contributed by atoms with Gasteiger partial charge in [0.05, 0.1) is 12.3 Å². The van der Waals surface area contributed by atoms with Gasteiger partial charge >= 0.3 is 0 Å². The van der Waals surface area contributed by atoms with Crippen LogP contribution in [0.2, 0.25) is 0 Å². The van der Waals surface area contributed by atoms with E-state index in [4.69, 9.17) is 15.0 Å². The van der Waals surface area contributed by atoms with Crippen molar-refractivity contribution in [1.29, 1.82) is 0 Å². The number of aryl methyl sites for hydroxylation is 1. The molecule has 0 saturated heterocycles. The van der Waals surface area contributed by atoms with Gasteiger partial charge in [-0.15, -0.1) is 5.06 Å². The normalized spacial score (nSPS) is 25.2. The van der Waals surface area contributed by atoms with Crippen molar-refractivity contribution in [3.05, 3.63) is 71.5 Å². The zero-order valence-corrected chi connectivity index (χ0v) is 11.7. The lowest BCUT2D eigenvalue weighted by molar-refractivity contribution is -0.160. The quantitative estimate of drug-likeness (QED) is 0.916. The molecule has 1 aliphatic heterocycles. The van der Waals surface area contributed by atoms with Gasteiger partial charge in [0.1, 0.15) is 11.8 Å². The average molecular weight is 282 g/mol. The second-order valence-electron chi connectivity index (χ2n) is 5.59. The molecule has 2 heterocycles. The predicted octanol–water partition coefficient (Wildman–Crippen LogP) is 3.45. The molecule has 2 aromatic rings. The lowest BCUT2D eigenvalue weighted by atomic mass is 9.87. The number of nitrogens with zero attached hydrogens (tertiary/aromatic N) is 1. The predicted molar refractivity (Wildman–Crippen MR) is 78.8 cm³/mol. The Morgan fingerprint density at radius 3 is 2.90 bits per heavy atom. The topological polar surface area (TPSA) is 51.6 Å². The number of fused-ring (bicyclic) bond motifs is 1. The SMILES string of the molecule is NC1=CC(c2ccco2)N(C2CCCc3ccccc32)O1. The summed E-state index contributed by atoms with van der Waals surface area (Å²) >= 11 is 0. The number of hydroxylamine groups is 2. The molecule has 4 nitrogen and oxygen atoms in total. The first-order chi connectivity index (χ1) is 10.3. The molecule has 4 rings (SSSR count). The molecule has 21 heavy (non-hydrogen) atoms. The van der Waals surface area contributed by atoms with Crippen LogP contribution in [0.1, 0.15) is 41.8 Å². The van der Waals surface area contributed by atoms with E-state index in [1.807, 2.05) is 23.3 Å². The van der Waals surface area contributed by atoms with E-state index in [-0.39, 0.29) is 12.1 Å². The van der Waals surface area contributed by atoms with E-state index in [1.165, 1.54) is 11.1 Å². The molecule has 0 spiro atoms. The van der Waals surface area contributed by atoms with E-state index >= 15 is 0 Å². The van der Waals surface area contributed by atoms with E-state index in [2.05, 4.69) is 24.3 Å². The molecule has 108 valence electrons. The van der Waals surface area contributed by atoms with Gasteiger partial charge < -0.3 is 15.0 Å². The first-order valence-corrected chi connectivity index (χ1v) is 7.38. The largest absolute Gasteiger partial charge is 0.467 e. The summed E-state index contributed by atoms with van der Waals surface area (Å²) in [5, 5.41) is 1.98. The number of benzene rings is 1. The Labute approximate surface area is 123 Å². The van der Waals surface area contributed by atoms with Gasteiger partial charge in [-0.25, -0.2) is 0 Å². The summed E-state index contributed by atoms with van der Waals surface area (Å²) in [7, 11) is 0. The van der Waals surface area contributed by atoms with Crippen molar-refractivity contribution in [3.63, 3.8) is 0 Å². The molecule has 2 atom stereocenters. The molecule has 1 aliphatic carbocycles. The second kappa shape index (κ2) is 4.97. The van der Waals surface area contributed by atoms with Crippen LogP contribution in [-0.2, 0) is 11.3 Å². The highest BCUT2D eigenvalue weighted by Gasteiger charge is 2.37. The molecule has 0 saturated carbocycles. The highest BCUT2D eigenvalue weighted by Crippen LogP contribution is 2.42. The fraction of sp³-hybridized carbons (Fsp3) is 0.294. The monoisotopic (exact) mass is 282 g/mol. The lowest BCUT2D eigenvalue weighted by Gasteiger charge is -2.34. The van der Waals surface area contributed by atoms with E-state index in [9.17, 15) is 0 Å². The minimum absolute atomic E-state index is 0.0591. The van der Waals surface area contributed by atoms with E-state index < -0.39 is 0 Å². The zero-order chi connectivity index (χ0) is 14.2. The van der Waals surface area contributed by atoms with Crippen molar-refractivity contribution in [2.75, 3.05) is 0 Å². The van der Waals surface area contributed by atoms with Crippen LogP contribution in [0.3, 0.4) is 0 Å². The minimum Gasteiger partial charge on any atom is -0.467 e. The molecular formula is C17H18N2O2. The molecule has 2 unspecified atom stereocenters. The molecule has 1 aromatic carbocycles. The van der Waals surface area contributed by atoms with E-state index in [0.29, 0.717) is 5.88 Å². The molecule has 2 N–H and O–H groups in total. The molecule has 4 heteroatoms. The summed E-state index contributed by atoms with van der Waals surface area (Å²) in [6.45, 7) is 0. The first kappa shape index (κ1) is 12.5. The minimum atomic E-state index is -0.0591. The molecular weight excluding hydrogens is 264 g/mol. The van der Waals surface area contributed by atoms with Gasteiger partial charge in [-0.3, -0.25) is 0 Å². The lowest BCUT2D eigenvalue weighted by Crippen LogP contribution is -2.31. The molecule has 1 aromatic heterocycles. The summed E-state index contributed by atoms with van der Waals surface area (Å²) < 4.78 is 5.55. The molecule has 0 amide bonds. The molecule has 0 bridgehead atoms. The van der Waals surface area contributed by atoms with Crippen LogP contribution in [0.15, 0.2) is 59.0 Å². The molecule has 0 fully saturated rings. The maximum Gasteiger partial charge on any atom is 0.207 e. The molecule has 2 aliphatic rings. The molecule has 0 radical (unpaired) electrons. The smallest absolute Gasteiger partial charge is 0.207 e. The van der Waals surface area contributed by atoms with Crippen LogP contribution in [0, 0.1) is 0 Å². The Kier molecular flexibility index (Phi) is 2.97.